The van der Waals surface area contributed by atoms with Crippen LogP contribution < -0.4 is 5.32 Å². The Balaban J connectivity index is 1.62. The monoisotopic (exact) mass is 396 g/mol. The predicted molar refractivity (Wildman–Crippen MR) is 107 cm³/mol. The number of ether oxygens (including phenoxy) is 2. The summed E-state index contributed by atoms with van der Waals surface area (Å²) in [6.07, 6.45) is 6.89. The number of allylic oxidation sites excluding steroid dienone is 1. The number of carbonyl (C=O) groups excluding carboxylic acids is 2. The molecule has 0 radical (unpaired) electrons. The van der Waals surface area contributed by atoms with E-state index in [2.05, 4.69) is 27.2 Å². The van der Waals surface area contributed by atoms with Crippen LogP contribution in [0.25, 0.3) is 17.1 Å². The number of piperidine rings is 1. The molecular formula is C21H24N4O4. The largest absolute Gasteiger partial charge is 0.462 e. The maximum absolute atomic E-state index is 13.0. The van der Waals surface area contributed by atoms with Gasteiger partial charge in [-0.2, -0.15) is 0 Å². The molecule has 0 saturated carbocycles. The van der Waals surface area contributed by atoms with Gasteiger partial charge in [0.15, 0.2) is 11.3 Å². The number of fused-ring (bicyclic) bond motifs is 1. The Labute approximate surface area is 168 Å². The lowest BCUT2D eigenvalue weighted by Crippen LogP contribution is -2.41. The van der Waals surface area contributed by atoms with Crippen LogP contribution in [0, 0.1) is 0 Å². The zero-order chi connectivity index (χ0) is 20.4. The summed E-state index contributed by atoms with van der Waals surface area (Å²) in [6, 6.07) is 3.86. The molecule has 8 nitrogen and oxygen atoms in total. The number of hydrogen-bond donors (Lipinski definition) is 2. The fourth-order valence-electron chi connectivity index (χ4n) is 3.60. The number of pyridine rings is 1. The number of hydrogen-bond acceptors (Lipinski definition) is 7. The second-order valence-corrected chi connectivity index (χ2v) is 7.23. The summed E-state index contributed by atoms with van der Waals surface area (Å²) in [4.78, 5) is 35.0. The molecule has 2 aromatic heterocycles. The molecule has 0 spiro atoms. The van der Waals surface area contributed by atoms with Crippen molar-refractivity contribution in [1.29, 1.82) is 0 Å². The standard InChI is InChI=1S/C21H24N4O4/c1-3-28-21(27)17-18(26)16(11-13-12-23-19-15(13)5-4-8-22-19)29-20(17)24-14-6-9-25(2)10-7-14/h4-5,8,11-12,14,24H,3,6-7,9-10H2,1-2H3,(H,22,23)/b16-11-. The van der Waals surface area contributed by atoms with Crippen LogP contribution in [0.3, 0.4) is 0 Å². The van der Waals surface area contributed by atoms with Crippen molar-refractivity contribution in [2.75, 3.05) is 26.7 Å². The number of carbonyl (C=O) groups is 2. The molecule has 2 aliphatic rings. The van der Waals surface area contributed by atoms with Crippen molar-refractivity contribution in [2.45, 2.75) is 25.8 Å². The number of aromatic amines is 1. The molecule has 2 aliphatic heterocycles. The average molecular weight is 396 g/mol. The lowest BCUT2D eigenvalue weighted by atomic mass is 10.1. The molecule has 0 aliphatic carbocycles. The molecule has 0 amide bonds. The minimum Gasteiger partial charge on any atom is -0.462 e. The Morgan fingerprint density at radius 1 is 1.45 bits per heavy atom. The van der Waals surface area contributed by atoms with E-state index in [4.69, 9.17) is 9.47 Å². The van der Waals surface area contributed by atoms with Crippen molar-refractivity contribution in [3.8, 4) is 0 Å². The van der Waals surface area contributed by atoms with Gasteiger partial charge >= 0.3 is 5.97 Å². The fraction of sp³-hybridized carbons (Fsp3) is 0.381. The molecule has 0 bridgehead atoms. The van der Waals surface area contributed by atoms with Crippen LogP contribution in [0.2, 0.25) is 0 Å². The topological polar surface area (TPSA) is 96.6 Å². The zero-order valence-electron chi connectivity index (χ0n) is 16.5. The third kappa shape index (κ3) is 3.88. The normalized spacial score (nSPS) is 19.8. The number of nitrogens with zero attached hydrogens (tertiary/aromatic N) is 2. The maximum atomic E-state index is 13.0. The van der Waals surface area contributed by atoms with Gasteiger partial charge in [-0.3, -0.25) is 4.79 Å². The summed E-state index contributed by atoms with van der Waals surface area (Å²) in [5.41, 5.74) is 1.41. The minimum absolute atomic E-state index is 0.0741. The summed E-state index contributed by atoms with van der Waals surface area (Å²) < 4.78 is 10.9. The number of ketones is 1. The third-order valence-electron chi connectivity index (χ3n) is 5.19. The van der Waals surface area contributed by atoms with Crippen LogP contribution in [0.4, 0.5) is 0 Å². The van der Waals surface area contributed by atoms with Crippen LogP contribution >= 0.6 is 0 Å². The lowest BCUT2D eigenvalue weighted by Gasteiger charge is -2.30. The van der Waals surface area contributed by atoms with Gasteiger partial charge in [0.05, 0.1) is 6.61 Å². The van der Waals surface area contributed by atoms with E-state index in [9.17, 15) is 9.59 Å². The summed E-state index contributed by atoms with van der Waals surface area (Å²) in [7, 11) is 2.08. The fourth-order valence-corrected chi connectivity index (χ4v) is 3.60. The molecule has 29 heavy (non-hydrogen) atoms. The van der Waals surface area contributed by atoms with E-state index in [1.165, 1.54) is 0 Å². The Kier molecular flexibility index (Phi) is 5.35. The van der Waals surface area contributed by atoms with E-state index in [1.54, 1.807) is 25.4 Å². The lowest BCUT2D eigenvalue weighted by molar-refractivity contribution is -0.139. The molecule has 8 heteroatoms. The quantitative estimate of drug-likeness (QED) is 0.453. The van der Waals surface area contributed by atoms with E-state index < -0.39 is 11.8 Å². The van der Waals surface area contributed by atoms with Crippen LogP contribution in [0.5, 0.6) is 0 Å². The second-order valence-electron chi connectivity index (χ2n) is 7.23. The SMILES string of the molecule is CCOC(=O)C1=C(NC2CCN(C)CC2)O/C(=C\c2c[nH]c3ncccc23)C1=O. The van der Waals surface area contributed by atoms with E-state index in [1.807, 2.05) is 12.1 Å². The highest BCUT2D eigenvalue weighted by Gasteiger charge is 2.38. The predicted octanol–water partition coefficient (Wildman–Crippen LogP) is 1.96. The molecule has 0 atom stereocenters. The number of Topliss-reactive ketones (excluding diaryl/α,β-unsaturated/α-hetero) is 1. The average Bonchev–Trinajstić information content (AvgIpc) is 3.25. The molecule has 4 heterocycles. The smallest absolute Gasteiger partial charge is 0.347 e. The third-order valence-corrected chi connectivity index (χ3v) is 5.19. The van der Waals surface area contributed by atoms with Crippen molar-refractivity contribution in [2.24, 2.45) is 0 Å². The van der Waals surface area contributed by atoms with E-state index >= 15 is 0 Å². The number of rotatable bonds is 5. The van der Waals surface area contributed by atoms with Gasteiger partial charge in [-0.15, -0.1) is 0 Å². The summed E-state index contributed by atoms with van der Waals surface area (Å²) in [5, 5.41) is 4.12. The Morgan fingerprint density at radius 3 is 3.00 bits per heavy atom. The Bertz CT molecular complexity index is 999. The molecular weight excluding hydrogens is 372 g/mol. The molecule has 0 aromatic carbocycles. The Morgan fingerprint density at radius 2 is 2.24 bits per heavy atom. The van der Waals surface area contributed by atoms with E-state index in [0.29, 0.717) is 5.65 Å². The van der Waals surface area contributed by atoms with Crippen molar-refractivity contribution in [3.63, 3.8) is 0 Å². The van der Waals surface area contributed by atoms with E-state index in [0.717, 1.165) is 36.9 Å². The van der Waals surface area contributed by atoms with Gasteiger partial charge in [0.25, 0.3) is 0 Å². The Hall–Kier alpha value is -3.13. The molecule has 4 rings (SSSR count). The van der Waals surface area contributed by atoms with Crippen molar-refractivity contribution >= 4 is 28.9 Å². The van der Waals surface area contributed by atoms with Crippen molar-refractivity contribution < 1.29 is 19.1 Å². The minimum atomic E-state index is -0.670. The first-order valence-corrected chi connectivity index (χ1v) is 9.79. The van der Waals surface area contributed by atoms with Gasteiger partial charge in [0.2, 0.25) is 11.7 Å². The molecule has 1 saturated heterocycles. The first kappa shape index (κ1) is 19.2. The highest BCUT2D eigenvalue weighted by atomic mass is 16.5. The number of esters is 1. The highest BCUT2D eigenvalue weighted by molar-refractivity contribution is 6.26. The summed E-state index contributed by atoms with van der Waals surface area (Å²) in [5.74, 6) is -0.866. The number of aromatic nitrogens is 2. The van der Waals surface area contributed by atoms with Gasteiger partial charge in [-0.05, 0) is 58.1 Å². The van der Waals surface area contributed by atoms with Crippen LogP contribution in [0.1, 0.15) is 25.3 Å². The van der Waals surface area contributed by atoms with Gasteiger partial charge in [-0.25, -0.2) is 9.78 Å². The van der Waals surface area contributed by atoms with Gasteiger partial charge in [0.1, 0.15) is 5.65 Å². The zero-order valence-corrected chi connectivity index (χ0v) is 16.5. The van der Waals surface area contributed by atoms with Gasteiger partial charge < -0.3 is 24.7 Å². The van der Waals surface area contributed by atoms with Crippen LogP contribution in [-0.2, 0) is 19.1 Å². The van der Waals surface area contributed by atoms with E-state index in [-0.39, 0.29) is 29.9 Å². The summed E-state index contributed by atoms with van der Waals surface area (Å²) in [6.45, 7) is 3.78. The molecule has 2 aromatic rings. The number of H-pyrrole nitrogens is 1. The molecule has 152 valence electrons. The van der Waals surface area contributed by atoms with Crippen LogP contribution in [-0.4, -0.2) is 59.4 Å². The maximum Gasteiger partial charge on any atom is 0.347 e. The summed E-state index contributed by atoms with van der Waals surface area (Å²) >= 11 is 0. The first-order chi connectivity index (χ1) is 14.1. The van der Waals surface area contributed by atoms with Gasteiger partial charge in [0, 0.05) is 29.4 Å². The van der Waals surface area contributed by atoms with Gasteiger partial charge in [-0.1, -0.05) is 0 Å². The molecule has 1 fully saturated rings. The first-order valence-electron chi connectivity index (χ1n) is 9.79. The molecule has 0 unspecified atom stereocenters. The number of likely N-dealkylation sites (tertiary alicyclic amines) is 1. The second kappa shape index (κ2) is 8.08. The van der Waals surface area contributed by atoms with Crippen LogP contribution in [0.15, 0.2) is 41.7 Å². The molecule has 2 N–H and O–H groups in total. The highest BCUT2D eigenvalue weighted by Crippen LogP contribution is 2.29. The van der Waals surface area contributed by atoms with Crippen molar-refractivity contribution in [3.05, 3.63) is 47.3 Å². The van der Waals surface area contributed by atoms with Crippen molar-refractivity contribution in [1.82, 2.24) is 20.2 Å². The number of nitrogens with one attached hydrogen (secondary N) is 2.